The fourth-order valence-electron chi connectivity index (χ4n) is 1.93. The Hall–Kier alpha value is -1.57. The highest BCUT2D eigenvalue weighted by Crippen LogP contribution is 2.30. The first-order chi connectivity index (χ1) is 7.44. The largest absolute Gasteiger partial charge is 0.481 e. The number of aliphatic carboxylic acids is 1. The van der Waals surface area contributed by atoms with Gasteiger partial charge >= 0.3 is 5.97 Å². The summed E-state index contributed by atoms with van der Waals surface area (Å²) in [6.45, 7) is 7.44. The van der Waals surface area contributed by atoms with Gasteiger partial charge in [0.05, 0.1) is 5.41 Å². The lowest BCUT2D eigenvalue weighted by molar-refractivity contribution is -0.147. The van der Waals surface area contributed by atoms with Crippen molar-refractivity contribution in [3.8, 4) is 0 Å². The molecule has 0 amide bonds. The number of hydrogen-bond donors (Lipinski definition) is 1. The predicted octanol–water partition coefficient (Wildman–Crippen LogP) is 3.29. The van der Waals surface area contributed by atoms with E-state index in [2.05, 4.69) is 6.58 Å². The first kappa shape index (κ1) is 12.5. The topological polar surface area (TPSA) is 37.3 Å². The van der Waals surface area contributed by atoms with Gasteiger partial charge in [0.15, 0.2) is 0 Å². The molecule has 0 saturated carbocycles. The van der Waals surface area contributed by atoms with Crippen LogP contribution in [0.3, 0.4) is 0 Å². The van der Waals surface area contributed by atoms with Crippen molar-refractivity contribution in [1.29, 1.82) is 0 Å². The number of hydrogen-bond acceptors (Lipinski definition) is 1. The van der Waals surface area contributed by atoms with E-state index in [1.807, 2.05) is 37.3 Å². The molecule has 1 atom stereocenters. The summed E-state index contributed by atoms with van der Waals surface area (Å²) in [5, 5.41) is 9.30. The Morgan fingerprint density at radius 2 is 1.94 bits per heavy atom. The first-order valence-electron chi connectivity index (χ1n) is 5.36. The summed E-state index contributed by atoms with van der Waals surface area (Å²) >= 11 is 0. The highest BCUT2D eigenvalue weighted by Gasteiger charge is 2.33. The molecule has 2 nitrogen and oxygen atoms in total. The zero-order valence-electron chi connectivity index (χ0n) is 9.86. The summed E-state index contributed by atoms with van der Waals surface area (Å²) in [4.78, 5) is 11.3. The third-order valence-corrected chi connectivity index (χ3v) is 2.65. The van der Waals surface area contributed by atoms with E-state index in [1.165, 1.54) is 0 Å². The van der Waals surface area contributed by atoms with Crippen LogP contribution in [0.15, 0.2) is 42.5 Å². The van der Waals surface area contributed by atoms with E-state index in [-0.39, 0.29) is 0 Å². The van der Waals surface area contributed by atoms with Crippen LogP contribution in [0, 0.1) is 5.41 Å². The van der Waals surface area contributed by atoms with Crippen LogP contribution in [0.1, 0.15) is 25.8 Å². The smallest absolute Gasteiger partial charge is 0.310 e. The molecule has 0 unspecified atom stereocenters. The first-order valence-corrected chi connectivity index (χ1v) is 5.36. The van der Waals surface area contributed by atoms with Gasteiger partial charge in [-0.1, -0.05) is 35.9 Å². The molecule has 86 valence electrons. The van der Waals surface area contributed by atoms with E-state index >= 15 is 0 Å². The molecule has 16 heavy (non-hydrogen) atoms. The van der Waals surface area contributed by atoms with Crippen LogP contribution in [0.25, 0.3) is 0 Å². The lowest BCUT2D eigenvalue weighted by atomic mass is 9.79. The Morgan fingerprint density at radius 3 is 2.38 bits per heavy atom. The predicted molar refractivity (Wildman–Crippen MR) is 65.3 cm³/mol. The van der Waals surface area contributed by atoms with Crippen molar-refractivity contribution in [2.45, 2.75) is 26.7 Å². The number of carbonyl (C=O) groups is 1. The Bertz CT molecular complexity index is 381. The molecule has 0 saturated heterocycles. The SMILES string of the molecule is C=C(C)C[C@@](C)(Cc1ccccc1)C(=O)O. The summed E-state index contributed by atoms with van der Waals surface area (Å²) in [5.41, 5.74) is 1.20. The van der Waals surface area contributed by atoms with Crippen LogP contribution in [0.5, 0.6) is 0 Å². The second-order valence-electron chi connectivity index (χ2n) is 4.66. The lowest BCUT2D eigenvalue weighted by Gasteiger charge is -2.25. The summed E-state index contributed by atoms with van der Waals surface area (Å²) in [6.07, 6.45) is 1.05. The molecule has 1 rings (SSSR count). The Morgan fingerprint density at radius 1 is 1.38 bits per heavy atom. The molecule has 0 aliphatic carbocycles. The van der Waals surface area contributed by atoms with E-state index in [4.69, 9.17) is 0 Å². The number of rotatable bonds is 5. The van der Waals surface area contributed by atoms with Gasteiger partial charge in [-0.3, -0.25) is 4.79 Å². The maximum Gasteiger partial charge on any atom is 0.310 e. The summed E-state index contributed by atoms with van der Waals surface area (Å²) in [6, 6.07) is 9.70. The molecule has 1 aromatic rings. The van der Waals surface area contributed by atoms with Gasteiger partial charge in [-0.15, -0.1) is 6.58 Å². The van der Waals surface area contributed by atoms with Crippen LogP contribution in [-0.2, 0) is 11.2 Å². The van der Waals surface area contributed by atoms with Crippen LogP contribution in [0.2, 0.25) is 0 Å². The Balaban J connectivity index is 2.87. The van der Waals surface area contributed by atoms with Crippen LogP contribution < -0.4 is 0 Å². The van der Waals surface area contributed by atoms with Gasteiger partial charge in [0.25, 0.3) is 0 Å². The second kappa shape index (κ2) is 4.97. The average Bonchev–Trinajstić information content (AvgIpc) is 2.17. The number of carboxylic acids is 1. The number of carboxylic acid groups (broad SMARTS) is 1. The van der Waals surface area contributed by atoms with E-state index in [0.29, 0.717) is 12.8 Å². The molecule has 0 aliphatic rings. The molecule has 0 bridgehead atoms. The zero-order chi connectivity index (χ0) is 12.2. The molecule has 0 fully saturated rings. The molecule has 2 heteroatoms. The highest BCUT2D eigenvalue weighted by atomic mass is 16.4. The maximum absolute atomic E-state index is 11.3. The van der Waals surface area contributed by atoms with Gasteiger partial charge in [0, 0.05) is 0 Å². The third kappa shape index (κ3) is 3.23. The zero-order valence-corrected chi connectivity index (χ0v) is 9.86. The van der Waals surface area contributed by atoms with E-state index in [1.54, 1.807) is 6.92 Å². The van der Waals surface area contributed by atoms with E-state index in [0.717, 1.165) is 11.1 Å². The molecule has 1 aromatic carbocycles. The maximum atomic E-state index is 11.3. The molecule has 0 radical (unpaired) electrons. The van der Waals surface area contributed by atoms with Gasteiger partial charge in [-0.05, 0) is 32.3 Å². The van der Waals surface area contributed by atoms with Crippen molar-refractivity contribution < 1.29 is 9.90 Å². The fraction of sp³-hybridized carbons (Fsp3) is 0.357. The van der Waals surface area contributed by atoms with Crippen molar-refractivity contribution in [2.75, 3.05) is 0 Å². The van der Waals surface area contributed by atoms with Crippen molar-refractivity contribution >= 4 is 5.97 Å². The van der Waals surface area contributed by atoms with Gasteiger partial charge in [-0.25, -0.2) is 0 Å². The normalized spacial score (nSPS) is 14.1. The monoisotopic (exact) mass is 218 g/mol. The number of allylic oxidation sites excluding steroid dienone is 1. The molecular formula is C14H18O2. The van der Waals surface area contributed by atoms with Crippen LogP contribution in [-0.4, -0.2) is 11.1 Å². The Labute approximate surface area is 96.6 Å². The van der Waals surface area contributed by atoms with Crippen molar-refractivity contribution in [3.63, 3.8) is 0 Å². The van der Waals surface area contributed by atoms with Gasteiger partial charge in [0.1, 0.15) is 0 Å². The summed E-state index contributed by atoms with van der Waals surface area (Å²) < 4.78 is 0. The molecule has 0 spiro atoms. The summed E-state index contributed by atoms with van der Waals surface area (Å²) in [7, 11) is 0. The van der Waals surface area contributed by atoms with Crippen LogP contribution >= 0.6 is 0 Å². The Kier molecular flexibility index (Phi) is 3.88. The van der Waals surface area contributed by atoms with Crippen molar-refractivity contribution in [3.05, 3.63) is 48.0 Å². The van der Waals surface area contributed by atoms with E-state index in [9.17, 15) is 9.90 Å². The average molecular weight is 218 g/mol. The van der Waals surface area contributed by atoms with Gasteiger partial charge in [0.2, 0.25) is 0 Å². The minimum atomic E-state index is -0.764. The fourth-order valence-corrected chi connectivity index (χ4v) is 1.93. The van der Waals surface area contributed by atoms with Crippen molar-refractivity contribution in [2.24, 2.45) is 5.41 Å². The van der Waals surface area contributed by atoms with Gasteiger partial charge < -0.3 is 5.11 Å². The minimum absolute atomic E-state index is 0.511. The molecule has 0 aliphatic heterocycles. The molecule has 0 heterocycles. The quantitative estimate of drug-likeness (QED) is 0.770. The van der Waals surface area contributed by atoms with Crippen molar-refractivity contribution in [1.82, 2.24) is 0 Å². The summed E-state index contributed by atoms with van der Waals surface area (Å²) in [5.74, 6) is -0.764. The second-order valence-corrected chi connectivity index (χ2v) is 4.66. The standard InChI is InChI=1S/C14H18O2/c1-11(2)9-14(3,13(15)16)10-12-7-5-4-6-8-12/h4-8H,1,9-10H2,2-3H3,(H,15,16)/t14-/m0/s1. The highest BCUT2D eigenvalue weighted by molar-refractivity contribution is 5.75. The van der Waals surface area contributed by atoms with Crippen LogP contribution in [0.4, 0.5) is 0 Å². The molecular weight excluding hydrogens is 200 g/mol. The lowest BCUT2D eigenvalue weighted by Crippen LogP contribution is -2.30. The van der Waals surface area contributed by atoms with Gasteiger partial charge in [-0.2, -0.15) is 0 Å². The minimum Gasteiger partial charge on any atom is -0.481 e. The third-order valence-electron chi connectivity index (χ3n) is 2.65. The van der Waals surface area contributed by atoms with E-state index < -0.39 is 11.4 Å². The number of benzene rings is 1. The molecule has 1 N–H and O–H groups in total. The molecule has 0 aromatic heterocycles.